The minimum atomic E-state index is 0.908. The fourth-order valence-corrected chi connectivity index (χ4v) is 2.91. The third-order valence-electron chi connectivity index (χ3n) is 4.19. The summed E-state index contributed by atoms with van der Waals surface area (Å²) in [6.07, 6.45) is 8.90. The Balaban J connectivity index is 2.35. The Labute approximate surface area is 90.5 Å². The molecule has 0 N–H and O–H groups in total. The molecule has 84 valence electrons. The van der Waals surface area contributed by atoms with Gasteiger partial charge in [-0.3, -0.25) is 0 Å². The highest BCUT2D eigenvalue weighted by molar-refractivity contribution is 4.72. The van der Waals surface area contributed by atoms with E-state index in [2.05, 4.69) is 27.7 Å². The zero-order valence-electron chi connectivity index (χ0n) is 10.6. The first-order valence-corrected chi connectivity index (χ1v) is 6.61. The molecule has 0 aromatic heterocycles. The third-order valence-corrected chi connectivity index (χ3v) is 4.19. The van der Waals surface area contributed by atoms with Crippen LogP contribution in [0.25, 0.3) is 0 Å². The molecule has 1 aliphatic carbocycles. The van der Waals surface area contributed by atoms with E-state index in [-0.39, 0.29) is 0 Å². The maximum absolute atomic E-state index is 2.40. The maximum atomic E-state index is 2.40. The van der Waals surface area contributed by atoms with Crippen molar-refractivity contribution in [3.05, 3.63) is 0 Å². The standard InChI is InChI=1S/C14H28/c1-11(2)13-7-5-9-14(12(3)4)10-6-8-13/h11-14H,5-10H2,1-4H3. The predicted octanol–water partition coefficient (Wildman–Crippen LogP) is 4.89. The van der Waals surface area contributed by atoms with Crippen LogP contribution in [0.1, 0.15) is 66.2 Å². The zero-order valence-corrected chi connectivity index (χ0v) is 10.6. The normalized spacial score (nSPS) is 30.4. The van der Waals surface area contributed by atoms with Gasteiger partial charge >= 0.3 is 0 Å². The number of rotatable bonds is 2. The minimum Gasteiger partial charge on any atom is -0.0625 e. The van der Waals surface area contributed by atoms with Crippen LogP contribution in [0.15, 0.2) is 0 Å². The van der Waals surface area contributed by atoms with Crippen molar-refractivity contribution < 1.29 is 0 Å². The van der Waals surface area contributed by atoms with E-state index >= 15 is 0 Å². The molecule has 0 saturated heterocycles. The smallest absolute Gasteiger partial charge is 0.0391 e. The molecule has 0 aliphatic heterocycles. The van der Waals surface area contributed by atoms with Gasteiger partial charge < -0.3 is 0 Å². The average Bonchev–Trinajstić information content (AvgIpc) is 2.01. The molecular formula is C14H28. The maximum Gasteiger partial charge on any atom is -0.0391 e. The van der Waals surface area contributed by atoms with Crippen LogP contribution in [0.3, 0.4) is 0 Å². The molecule has 0 unspecified atom stereocenters. The summed E-state index contributed by atoms with van der Waals surface area (Å²) < 4.78 is 0. The van der Waals surface area contributed by atoms with Crippen LogP contribution in [0.5, 0.6) is 0 Å². The van der Waals surface area contributed by atoms with Crippen molar-refractivity contribution in [2.75, 3.05) is 0 Å². The Bertz CT molecular complexity index is 120. The van der Waals surface area contributed by atoms with E-state index in [1.54, 1.807) is 0 Å². The van der Waals surface area contributed by atoms with Crippen molar-refractivity contribution in [3.8, 4) is 0 Å². The SMILES string of the molecule is CC(C)C1CCCC(C(C)C)CCC1. The van der Waals surface area contributed by atoms with Crippen molar-refractivity contribution in [2.45, 2.75) is 66.2 Å². The highest BCUT2D eigenvalue weighted by Gasteiger charge is 2.20. The fourth-order valence-electron chi connectivity index (χ4n) is 2.91. The molecule has 0 bridgehead atoms. The molecule has 0 atom stereocenters. The zero-order chi connectivity index (χ0) is 10.6. The molecule has 1 rings (SSSR count). The van der Waals surface area contributed by atoms with Crippen LogP contribution in [0.2, 0.25) is 0 Å². The highest BCUT2D eigenvalue weighted by Crippen LogP contribution is 2.33. The summed E-state index contributed by atoms with van der Waals surface area (Å²) in [5, 5.41) is 0. The largest absolute Gasteiger partial charge is 0.0625 e. The van der Waals surface area contributed by atoms with Gasteiger partial charge in [-0.15, -0.1) is 0 Å². The summed E-state index contributed by atoms with van der Waals surface area (Å²) in [6.45, 7) is 9.58. The minimum absolute atomic E-state index is 0.908. The number of hydrogen-bond donors (Lipinski definition) is 0. The monoisotopic (exact) mass is 196 g/mol. The van der Waals surface area contributed by atoms with Gasteiger partial charge in [0, 0.05) is 0 Å². The number of hydrogen-bond acceptors (Lipinski definition) is 0. The van der Waals surface area contributed by atoms with Crippen molar-refractivity contribution in [2.24, 2.45) is 23.7 Å². The fraction of sp³-hybridized carbons (Fsp3) is 1.00. The highest BCUT2D eigenvalue weighted by atomic mass is 14.3. The lowest BCUT2D eigenvalue weighted by atomic mass is 9.78. The average molecular weight is 196 g/mol. The lowest BCUT2D eigenvalue weighted by Crippen LogP contribution is -2.16. The second kappa shape index (κ2) is 5.78. The van der Waals surface area contributed by atoms with Gasteiger partial charge in [0.25, 0.3) is 0 Å². The lowest BCUT2D eigenvalue weighted by molar-refractivity contribution is 0.235. The molecule has 0 heteroatoms. The van der Waals surface area contributed by atoms with E-state index < -0.39 is 0 Å². The Morgan fingerprint density at radius 2 is 0.929 bits per heavy atom. The van der Waals surface area contributed by atoms with Gasteiger partial charge in [-0.25, -0.2) is 0 Å². The van der Waals surface area contributed by atoms with Gasteiger partial charge in [-0.05, 0) is 23.7 Å². The van der Waals surface area contributed by atoms with E-state index in [1.807, 2.05) is 0 Å². The van der Waals surface area contributed by atoms with E-state index in [1.165, 1.54) is 38.5 Å². The molecule has 14 heavy (non-hydrogen) atoms. The second-order valence-electron chi connectivity index (χ2n) is 5.87. The molecule has 1 aliphatic rings. The van der Waals surface area contributed by atoms with Crippen LogP contribution in [-0.4, -0.2) is 0 Å². The summed E-state index contributed by atoms with van der Waals surface area (Å²) in [5.41, 5.74) is 0. The van der Waals surface area contributed by atoms with Crippen LogP contribution in [0.4, 0.5) is 0 Å². The molecular weight excluding hydrogens is 168 g/mol. The topological polar surface area (TPSA) is 0 Å². The molecule has 0 nitrogen and oxygen atoms in total. The summed E-state index contributed by atoms with van der Waals surface area (Å²) in [5.74, 6) is 3.85. The molecule has 0 spiro atoms. The lowest BCUT2D eigenvalue weighted by Gasteiger charge is -2.28. The Morgan fingerprint density at radius 3 is 1.14 bits per heavy atom. The van der Waals surface area contributed by atoms with Crippen LogP contribution in [0, 0.1) is 23.7 Å². The van der Waals surface area contributed by atoms with Crippen molar-refractivity contribution >= 4 is 0 Å². The molecule has 1 saturated carbocycles. The molecule has 0 amide bonds. The first-order chi connectivity index (χ1) is 6.61. The quantitative estimate of drug-likeness (QED) is 0.590. The first-order valence-electron chi connectivity index (χ1n) is 6.61. The van der Waals surface area contributed by atoms with Crippen LogP contribution in [-0.2, 0) is 0 Å². The second-order valence-corrected chi connectivity index (χ2v) is 5.87. The van der Waals surface area contributed by atoms with Crippen LogP contribution >= 0.6 is 0 Å². The van der Waals surface area contributed by atoms with Gasteiger partial charge in [0.15, 0.2) is 0 Å². The summed E-state index contributed by atoms with van der Waals surface area (Å²) in [7, 11) is 0. The van der Waals surface area contributed by atoms with Crippen molar-refractivity contribution in [1.29, 1.82) is 0 Å². The van der Waals surface area contributed by atoms with Crippen molar-refractivity contribution in [1.82, 2.24) is 0 Å². The Morgan fingerprint density at radius 1 is 0.643 bits per heavy atom. The van der Waals surface area contributed by atoms with E-state index in [0.717, 1.165) is 23.7 Å². The molecule has 0 aromatic rings. The van der Waals surface area contributed by atoms with Gasteiger partial charge in [0.2, 0.25) is 0 Å². The third kappa shape index (κ3) is 3.63. The van der Waals surface area contributed by atoms with Crippen LogP contribution < -0.4 is 0 Å². The Kier molecular flexibility index (Phi) is 4.98. The molecule has 0 aromatic carbocycles. The Hall–Kier alpha value is 0. The summed E-state index contributed by atoms with van der Waals surface area (Å²) >= 11 is 0. The van der Waals surface area contributed by atoms with E-state index in [9.17, 15) is 0 Å². The summed E-state index contributed by atoms with van der Waals surface area (Å²) in [6, 6.07) is 0. The van der Waals surface area contributed by atoms with E-state index in [4.69, 9.17) is 0 Å². The predicted molar refractivity (Wildman–Crippen MR) is 64.4 cm³/mol. The van der Waals surface area contributed by atoms with E-state index in [0.29, 0.717) is 0 Å². The molecule has 0 radical (unpaired) electrons. The molecule has 0 heterocycles. The first kappa shape index (κ1) is 12.1. The van der Waals surface area contributed by atoms with Gasteiger partial charge in [0.1, 0.15) is 0 Å². The summed E-state index contributed by atoms with van der Waals surface area (Å²) in [4.78, 5) is 0. The molecule has 1 fully saturated rings. The van der Waals surface area contributed by atoms with Gasteiger partial charge in [-0.2, -0.15) is 0 Å². The van der Waals surface area contributed by atoms with Gasteiger partial charge in [0.05, 0.1) is 0 Å². The van der Waals surface area contributed by atoms with Crippen molar-refractivity contribution in [3.63, 3.8) is 0 Å². The van der Waals surface area contributed by atoms with Gasteiger partial charge in [-0.1, -0.05) is 66.2 Å².